The minimum atomic E-state index is -5.11. The summed E-state index contributed by atoms with van der Waals surface area (Å²) in [6.07, 6.45) is -3.93. The number of benzene rings is 1. The van der Waals surface area contributed by atoms with E-state index >= 15 is 0 Å². The highest BCUT2D eigenvalue weighted by molar-refractivity contribution is 7.89. The van der Waals surface area contributed by atoms with E-state index in [4.69, 9.17) is 4.84 Å². The molecule has 1 aromatic carbocycles. The van der Waals surface area contributed by atoms with E-state index < -0.39 is 45.0 Å². The topological polar surface area (TPSA) is 38.3 Å². The van der Waals surface area contributed by atoms with Gasteiger partial charge in [0.15, 0.2) is 5.25 Å². The molecular formula is C13H12F5NO2S. The van der Waals surface area contributed by atoms with Crippen molar-refractivity contribution < 1.29 is 31.0 Å². The maximum absolute atomic E-state index is 13.7. The normalized spacial score (nSPS) is 20.2. The van der Waals surface area contributed by atoms with Crippen molar-refractivity contribution in [2.24, 2.45) is 0 Å². The van der Waals surface area contributed by atoms with Gasteiger partial charge in [0.1, 0.15) is 22.3 Å². The summed E-state index contributed by atoms with van der Waals surface area (Å²) in [6.45, 7) is 3.05. The molecular weight excluding hydrogens is 329 g/mol. The van der Waals surface area contributed by atoms with Crippen molar-refractivity contribution in [1.82, 2.24) is 5.48 Å². The lowest BCUT2D eigenvalue weighted by Crippen LogP contribution is -2.30. The van der Waals surface area contributed by atoms with Gasteiger partial charge in [0.2, 0.25) is 0 Å². The highest BCUT2D eigenvalue weighted by Crippen LogP contribution is 2.42. The van der Waals surface area contributed by atoms with Crippen molar-refractivity contribution in [1.29, 1.82) is 0 Å². The van der Waals surface area contributed by atoms with Gasteiger partial charge in [-0.25, -0.2) is 8.78 Å². The van der Waals surface area contributed by atoms with E-state index in [9.17, 15) is 26.2 Å². The zero-order chi connectivity index (χ0) is 16.7. The zero-order valence-corrected chi connectivity index (χ0v) is 12.3. The van der Waals surface area contributed by atoms with Gasteiger partial charge < -0.3 is 0 Å². The molecule has 1 heterocycles. The van der Waals surface area contributed by atoms with Crippen molar-refractivity contribution >= 4 is 10.8 Å². The van der Waals surface area contributed by atoms with E-state index in [2.05, 4.69) is 5.48 Å². The highest BCUT2D eigenvalue weighted by Gasteiger charge is 2.50. The largest absolute Gasteiger partial charge is 0.407 e. The predicted octanol–water partition coefficient (Wildman–Crippen LogP) is 3.47. The summed E-state index contributed by atoms with van der Waals surface area (Å²) in [5.41, 5.74) is -0.130. The SMILES string of the molecule is CC1(C)C=C(S(=O)C(c2c(F)cccc2F)C(F)(F)F)NO1. The monoisotopic (exact) mass is 341 g/mol. The average Bonchev–Trinajstić information content (AvgIpc) is 2.72. The molecule has 0 spiro atoms. The number of hydroxylamine groups is 1. The number of alkyl halides is 3. The first kappa shape index (κ1) is 16.9. The molecule has 0 aliphatic carbocycles. The molecule has 0 bridgehead atoms. The Hall–Kier alpha value is -1.48. The van der Waals surface area contributed by atoms with Gasteiger partial charge in [-0.05, 0) is 32.1 Å². The van der Waals surface area contributed by atoms with Crippen molar-refractivity contribution in [2.75, 3.05) is 0 Å². The molecule has 0 amide bonds. The minimum absolute atomic E-state index is 0.380. The van der Waals surface area contributed by atoms with Crippen LogP contribution in [0.2, 0.25) is 0 Å². The second-order valence-corrected chi connectivity index (χ2v) is 6.68. The molecule has 1 aliphatic heterocycles. The van der Waals surface area contributed by atoms with Crippen LogP contribution in [-0.4, -0.2) is 16.0 Å². The third kappa shape index (κ3) is 3.30. The summed E-state index contributed by atoms with van der Waals surface area (Å²) < 4.78 is 79.3. The molecule has 3 nitrogen and oxygen atoms in total. The Morgan fingerprint density at radius 2 is 1.77 bits per heavy atom. The fourth-order valence-corrected chi connectivity index (χ4v) is 3.40. The molecule has 2 unspecified atom stereocenters. The lowest BCUT2D eigenvalue weighted by atomic mass is 10.1. The summed E-state index contributed by atoms with van der Waals surface area (Å²) >= 11 is 0. The Morgan fingerprint density at radius 1 is 1.23 bits per heavy atom. The average molecular weight is 341 g/mol. The standard InChI is InChI=1S/C13H12F5NO2S/c1-12(2)6-9(19-21-12)22(20)11(13(16,17)18)10-7(14)4-3-5-8(10)15/h3-6,11,19H,1-2H3. The smallest absolute Gasteiger partial charge is 0.265 e. The van der Waals surface area contributed by atoms with Gasteiger partial charge in [-0.15, -0.1) is 0 Å². The molecule has 1 aliphatic rings. The zero-order valence-electron chi connectivity index (χ0n) is 11.5. The molecule has 1 aromatic rings. The molecule has 0 saturated carbocycles. The maximum atomic E-state index is 13.7. The quantitative estimate of drug-likeness (QED) is 0.856. The Balaban J connectivity index is 2.52. The van der Waals surface area contributed by atoms with Crippen LogP contribution >= 0.6 is 0 Å². The van der Waals surface area contributed by atoms with Crippen LogP contribution in [0.25, 0.3) is 0 Å². The molecule has 0 aromatic heterocycles. The van der Waals surface area contributed by atoms with E-state index in [0.717, 1.165) is 6.07 Å². The van der Waals surface area contributed by atoms with E-state index in [0.29, 0.717) is 12.1 Å². The molecule has 122 valence electrons. The molecule has 0 fully saturated rings. The lowest BCUT2D eigenvalue weighted by Gasteiger charge is -2.21. The summed E-state index contributed by atoms with van der Waals surface area (Å²) in [7, 11) is -2.80. The first-order valence-corrected chi connectivity index (χ1v) is 7.32. The molecule has 22 heavy (non-hydrogen) atoms. The molecule has 0 saturated heterocycles. The molecule has 2 atom stereocenters. The predicted molar refractivity (Wildman–Crippen MR) is 69.7 cm³/mol. The number of hydrogen-bond acceptors (Lipinski definition) is 3. The van der Waals surface area contributed by atoms with Crippen LogP contribution in [0.5, 0.6) is 0 Å². The third-order valence-electron chi connectivity index (χ3n) is 2.88. The van der Waals surface area contributed by atoms with Crippen molar-refractivity contribution in [3.8, 4) is 0 Å². The number of rotatable bonds is 3. The second-order valence-electron chi connectivity index (χ2n) is 5.17. The minimum Gasteiger partial charge on any atom is -0.265 e. The number of halogens is 5. The Morgan fingerprint density at radius 3 is 2.18 bits per heavy atom. The third-order valence-corrected chi connectivity index (χ3v) is 4.45. The summed E-state index contributed by atoms with van der Waals surface area (Å²) in [4.78, 5) is 4.94. The fourth-order valence-electron chi connectivity index (χ4n) is 1.94. The first-order valence-electron chi connectivity index (χ1n) is 6.11. The van der Waals surface area contributed by atoms with Gasteiger partial charge >= 0.3 is 6.18 Å². The van der Waals surface area contributed by atoms with Gasteiger partial charge in [-0.3, -0.25) is 14.5 Å². The Bertz CT molecular complexity index is 622. The Labute approximate surface area is 125 Å². The van der Waals surface area contributed by atoms with Crippen LogP contribution in [0.15, 0.2) is 29.3 Å². The van der Waals surface area contributed by atoms with Gasteiger partial charge in [-0.2, -0.15) is 13.2 Å². The highest BCUT2D eigenvalue weighted by atomic mass is 32.2. The van der Waals surface area contributed by atoms with E-state index in [1.54, 1.807) is 0 Å². The summed E-state index contributed by atoms with van der Waals surface area (Å²) in [6, 6.07) is 2.31. The van der Waals surface area contributed by atoms with E-state index in [-0.39, 0.29) is 5.03 Å². The molecule has 0 radical (unpaired) electrons. The second kappa shape index (κ2) is 5.62. The maximum Gasteiger partial charge on any atom is 0.407 e. The molecule has 2 rings (SSSR count). The van der Waals surface area contributed by atoms with Crippen molar-refractivity contribution in [3.63, 3.8) is 0 Å². The number of hydrogen-bond donors (Lipinski definition) is 1. The van der Waals surface area contributed by atoms with Gasteiger partial charge in [-0.1, -0.05) is 6.07 Å². The van der Waals surface area contributed by atoms with Crippen LogP contribution in [-0.2, 0) is 15.6 Å². The summed E-state index contributed by atoms with van der Waals surface area (Å²) in [5, 5.41) is -3.22. The van der Waals surface area contributed by atoms with Crippen molar-refractivity contribution in [2.45, 2.75) is 30.9 Å². The van der Waals surface area contributed by atoms with Crippen LogP contribution in [0, 0.1) is 11.6 Å². The van der Waals surface area contributed by atoms with Gasteiger partial charge in [0.25, 0.3) is 0 Å². The van der Waals surface area contributed by atoms with Crippen LogP contribution in [0.1, 0.15) is 24.7 Å². The van der Waals surface area contributed by atoms with Crippen molar-refractivity contribution in [3.05, 3.63) is 46.5 Å². The summed E-state index contributed by atoms with van der Waals surface area (Å²) in [5.74, 6) is -2.82. The van der Waals surface area contributed by atoms with Crippen LogP contribution < -0.4 is 5.48 Å². The van der Waals surface area contributed by atoms with Gasteiger partial charge in [0.05, 0.1) is 10.8 Å². The molecule has 9 heteroatoms. The van der Waals surface area contributed by atoms with Gasteiger partial charge in [0, 0.05) is 5.56 Å². The van der Waals surface area contributed by atoms with Crippen LogP contribution in [0.4, 0.5) is 22.0 Å². The first-order chi connectivity index (χ1) is 10.0. The van der Waals surface area contributed by atoms with Crippen LogP contribution in [0.3, 0.4) is 0 Å². The molecule has 1 N–H and O–H groups in total. The van der Waals surface area contributed by atoms with E-state index in [1.165, 1.54) is 19.9 Å². The number of nitrogens with one attached hydrogen (secondary N) is 1. The lowest BCUT2D eigenvalue weighted by molar-refractivity contribution is -0.131. The Kier molecular flexibility index (Phi) is 4.31. The fraction of sp³-hybridized carbons (Fsp3) is 0.385. The van der Waals surface area contributed by atoms with E-state index in [1.807, 2.05) is 0 Å².